The van der Waals surface area contributed by atoms with E-state index in [-0.39, 0.29) is 30.5 Å². The first-order valence-corrected chi connectivity index (χ1v) is 16.3. The third kappa shape index (κ3) is 21.4. The Morgan fingerprint density at radius 1 is 0.872 bits per heavy atom. The van der Waals surface area contributed by atoms with E-state index in [1.165, 1.54) is 51.9 Å². The van der Waals surface area contributed by atoms with Crippen molar-refractivity contribution in [2.45, 2.75) is 122 Å². The molecule has 0 radical (unpaired) electrons. The molecule has 230 valence electrons. The minimum absolute atomic E-state index is 0.0175. The zero-order valence-corrected chi connectivity index (χ0v) is 25.7. The second kappa shape index (κ2) is 22.6. The van der Waals surface area contributed by atoms with Crippen LogP contribution in [-0.4, -0.2) is 77.8 Å². The first-order valence-electron chi connectivity index (χ1n) is 14.7. The molecule has 39 heavy (non-hydrogen) atoms. The van der Waals surface area contributed by atoms with E-state index >= 15 is 0 Å². The first kappa shape index (κ1) is 37.9. The fourth-order valence-corrected chi connectivity index (χ4v) is 5.32. The van der Waals surface area contributed by atoms with Crippen molar-refractivity contribution in [1.29, 1.82) is 0 Å². The van der Waals surface area contributed by atoms with Gasteiger partial charge in [-0.3, -0.25) is 4.79 Å². The van der Waals surface area contributed by atoms with Gasteiger partial charge in [-0.05, 0) is 64.7 Å². The molecule has 9 nitrogen and oxygen atoms in total. The van der Waals surface area contributed by atoms with Crippen LogP contribution in [0.2, 0.25) is 0 Å². The van der Waals surface area contributed by atoms with E-state index in [1.807, 2.05) is 0 Å². The van der Waals surface area contributed by atoms with Crippen LogP contribution >= 0.6 is 7.60 Å². The van der Waals surface area contributed by atoms with E-state index < -0.39 is 38.3 Å². The van der Waals surface area contributed by atoms with E-state index in [1.54, 1.807) is 14.1 Å². The number of unbranched alkanes of at least 4 members (excludes halogenated alkanes) is 9. The molecule has 2 unspecified atom stereocenters. The van der Waals surface area contributed by atoms with Gasteiger partial charge in [0.15, 0.2) is 13.9 Å². The summed E-state index contributed by atoms with van der Waals surface area (Å²) in [5.41, 5.74) is 0. The van der Waals surface area contributed by atoms with E-state index in [0.717, 1.165) is 25.7 Å². The predicted octanol–water partition coefficient (Wildman–Crippen LogP) is 4.79. The van der Waals surface area contributed by atoms with Crippen molar-refractivity contribution < 1.29 is 43.3 Å². The summed E-state index contributed by atoms with van der Waals surface area (Å²) in [6.45, 7) is 3.06. The minimum atomic E-state index is -4.36. The topological polar surface area (TPSA) is 136 Å². The fourth-order valence-electron chi connectivity index (χ4n) is 3.84. The molecule has 0 amide bonds. The SMILES string of the molecule is CCCCCC/C=C\CCCC/C=C\CCCCC(=O)OC[C@@H](O)COP(=O)([O-])C(C)[N+](C)(C)CCC(O)O. The van der Waals surface area contributed by atoms with Crippen molar-refractivity contribution in [1.82, 2.24) is 0 Å². The molecule has 0 spiro atoms. The molecule has 3 atom stereocenters. The summed E-state index contributed by atoms with van der Waals surface area (Å²) in [6, 6.07) is 0. The van der Waals surface area contributed by atoms with E-state index in [9.17, 15) is 19.4 Å². The van der Waals surface area contributed by atoms with Gasteiger partial charge in [0.1, 0.15) is 18.5 Å². The molecule has 0 aliphatic carbocycles. The highest BCUT2D eigenvalue weighted by atomic mass is 31.2. The smallest absolute Gasteiger partial charge is 0.305 e. The lowest BCUT2D eigenvalue weighted by molar-refractivity contribution is -0.902. The average molecular weight is 578 g/mol. The molecule has 0 fully saturated rings. The molecule has 0 aromatic carbocycles. The molecule has 0 aromatic heterocycles. The first-order chi connectivity index (χ1) is 18.4. The van der Waals surface area contributed by atoms with Crippen molar-refractivity contribution in [2.24, 2.45) is 0 Å². The van der Waals surface area contributed by atoms with Crippen LogP contribution in [0.4, 0.5) is 0 Å². The standard InChI is InChI=1S/C29H56NO8P/c1-5-6-7-8-9-10-11-12-13-14-15-16-17-18-19-20-21-29(34)37-24-27(31)25-38-39(35,36)26(2)30(3,4)23-22-28(32)33/h10-11,16-17,26-28,31-33H,5-9,12-15,18-25H2,1-4H3/b11-10-,17-16-/t26?,27-/m1/s1. The molecule has 0 heterocycles. The summed E-state index contributed by atoms with van der Waals surface area (Å²) in [4.78, 5) is 24.4. The second-order valence-electron chi connectivity index (χ2n) is 10.9. The maximum atomic E-state index is 12.5. The van der Waals surface area contributed by atoms with Crippen LogP contribution in [0.25, 0.3) is 0 Å². The average Bonchev–Trinajstić information content (AvgIpc) is 2.89. The number of quaternary nitrogens is 1. The van der Waals surface area contributed by atoms with Gasteiger partial charge in [-0.2, -0.15) is 0 Å². The summed E-state index contributed by atoms with van der Waals surface area (Å²) in [6.07, 6.45) is 20.0. The zero-order chi connectivity index (χ0) is 29.6. The van der Waals surface area contributed by atoms with E-state index in [4.69, 9.17) is 19.5 Å². The molecule has 0 aliphatic rings. The normalized spacial score (nSPS) is 15.7. The zero-order valence-electron chi connectivity index (χ0n) is 24.8. The summed E-state index contributed by atoms with van der Waals surface area (Å²) < 4.78 is 22.5. The van der Waals surface area contributed by atoms with Crippen LogP contribution in [0.3, 0.4) is 0 Å². The van der Waals surface area contributed by atoms with Gasteiger partial charge in [-0.1, -0.05) is 50.5 Å². The Balaban J connectivity index is 3.88. The molecule has 0 aromatic rings. The molecule has 0 bridgehead atoms. The van der Waals surface area contributed by atoms with Crippen LogP contribution in [-0.2, 0) is 18.6 Å². The van der Waals surface area contributed by atoms with Crippen molar-refractivity contribution >= 4 is 13.6 Å². The van der Waals surface area contributed by atoms with Gasteiger partial charge < -0.3 is 38.5 Å². The molecule has 0 aliphatic heterocycles. The second-order valence-corrected chi connectivity index (χ2v) is 13.0. The summed E-state index contributed by atoms with van der Waals surface area (Å²) in [5, 5.41) is 28.1. The highest BCUT2D eigenvalue weighted by molar-refractivity contribution is 7.51. The number of carbonyl (C=O) groups excluding carboxylic acids is 1. The number of esters is 1. The molecule has 0 rings (SSSR count). The fraction of sp³-hybridized carbons (Fsp3) is 0.828. The summed E-state index contributed by atoms with van der Waals surface area (Å²) >= 11 is 0. The van der Waals surface area contributed by atoms with Crippen LogP contribution in [0.15, 0.2) is 24.3 Å². The van der Waals surface area contributed by atoms with Crippen molar-refractivity contribution in [3.63, 3.8) is 0 Å². The number of rotatable bonds is 25. The third-order valence-electron chi connectivity index (χ3n) is 6.87. The molecule has 0 saturated carbocycles. The number of carbonyl (C=O) groups is 1. The lowest BCUT2D eigenvalue weighted by Gasteiger charge is -2.42. The van der Waals surface area contributed by atoms with Crippen molar-refractivity contribution in [2.75, 3.05) is 33.9 Å². The number of ether oxygens (including phenoxy) is 1. The van der Waals surface area contributed by atoms with Gasteiger partial charge in [0, 0.05) is 12.8 Å². The van der Waals surface area contributed by atoms with Crippen molar-refractivity contribution in [3.05, 3.63) is 24.3 Å². The van der Waals surface area contributed by atoms with Gasteiger partial charge in [-0.25, -0.2) is 0 Å². The van der Waals surface area contributed by atoms with Crippen molar-refractivity contribution in [3.8, 4) is 0 Å². The molecule has 0 saturated heterocycles. The lowest BCUT2D eigenvalue weighted by Crippen LogP contribution is -2.50. The quantitative estimate of drug-likeness (QED) is 0.0352. The minimum Gasteiger partial charge on any atom is -0.774 e. The van der Waals surface area contributed by atoms with Gasteiger partial charge in [0.05, 0.1) is 27.2 Å². The number of allylic oxidation sites excluding steroid dienone is 4. The molecule has 3 N–H and O–H groups in total. The van der Waals surface area contributed by atoms with Crippen LogP contribution < -0.4 is 4.89 Å². The van der Waals surface area contributed by atoms with E-state index in [0.29, 0.717) is 6.42 Å². The monoisotopic (exact) mass is 577 g/mol. The molecular weight excluding hydrogens is 521 g/mol. The summed E-state index contributed by atoms with van der Waals surface area (Å²) in [5.74, 6) is -1.40. The maximum absolute atomic E-state index is 12.5. The molecule has 10 heteroatoms. The van der Waals surface area contributed by atoms with Crippen LogP contribution in [0.1, 0.15) is 104 Å². The highest BCUT2D eigenvalue weighted by Gasteiger charge is 2.34. The Morgan fingerprint density at radius 2 is 1.38 bits per heavy atom. The Bertz CT molecular complexity index is 726. The number of aliphatic hydroxyl groups excluding tert-OH is 2. The van der Waals surface area contributed by atoms with Crippen LogP contribution in [0, 0.1) is 0 Å². The number of nitrogens with zero attached hydrogens (tertiary/aromatic N) is 1. The number of aliphatic hydroxyl groups is 3. The van der Waals surface area contributed by atoms with Gasteiger partial charge >= 0.3 is 5.97 Å². The Kier molecular flexibility index (Phi) is 22.0. The van der Waals surface area contributed by atoms with Crippen LogP contribution in [0.5, 0.6) is 0 Å². The van der Waals surface area contributed by atoms with Gasteiger partial charge in [0.2, 0.25) is 0 Å². The van der Waals surface area contributed by atoms with Gasteiger partial charge in [0.25, 0.3) is 0 Å². The summed E-state index contributed by atoms with van der Waals surface area (Å²) in [7, 11) is -1.08. The van der Waals surface area contributed by atoms with Gasteiger partial charge in [-0.15, -0.1) is 0 Å². The Hall–Kier alpha value is -1.06. The Morgan fingerprint density at radius 3 is 1.90 bits per heavy atom. The molecular formula is C29H56NO8P. The van der Waals surface area contributed by atoms with E-state index in [2.05, 4.69) is 31.2 Å². The Labute approximate surface area is 237 Å². The lowest BCUT2D eigenvalue weighted by atomic mass is 10.1. The predicted molar refractivity (Wildman–Crippen MR) is 154 cm³/mol. The largest absolute Gasteiger partial charge is 0.774 e. The highest BCUT2D eigenvalue weighted by Crippen LogP contribution is 2.46. The third-order valence-corrected chi connectivity index (χ3v) is 8.92. The maximum Gasteiger partial charge on any atom is 0.305 e. The number of hydrogen-bond acceptors (Lipinski definition) is 8. The number of hydrogen-bond donors (Lipinski definition) is 3.